The number of aliphatic hydroxyl groups excluding tert-OH is 1. The third-order valence-electron chi connectivity index (χ3n) is 3.90. The van der Waals surface area contributed by atoms with Crippen molar-refractivity contribution in [1.82, 2.24) is 14.9 Å². The molecule has 0 unspecified atom stereocenters. The van der Waals surface area contributed by atoms with Gasteiger partial charge in [0.25, 0.3) is 5.88 Å². The first-order valence-corrected chi connectivity index (χ1v) is 8.62. The fraction of sp³-hybridized carbons (Fsp3) is 0.316. The number of hydrogen-bond donors (Lipinski definition) is 2. The first-order valence-electron chi connectivity index (χ1n) is 8.62. The molecule has 7 nitrogen and oxygen atoms in total. The Bertz CT molecular complexity index is 909. The van der Waals surface area contributed by atoms with Crippen LogP contribution in [0.1, 0.15) is 20.3 Å². The number of fused-ring (bicyclic) bond motifs is 1. The maximum absolute atomic E-state index is 12.0. The molecule has 2 aromatic heterocycles. The van der Waals surface area contributed by atoms with E-state index in [9.17, 15) is 4.79 Å². The summed E-state index contributed by atoms with van der Waals surface area (Å²) in [6.45, 7) is 4.59. The second-order valence-electron chi connectivity index (χ2n) is 5.93. The van der Waals surface area contributed by atoms with Crippen molar-refractivity contribution in [3.05, 3.63) is 47.8 Å². The highest BCUT2D eigenvalue weighted by Crippen LogP contribution is 2.32. The van der Waals surface area contributed by atoms with E-state index in [1.165, 1.54) is 0 Å². The summed E-state index contributed by atoms with van der Waals surface area (Å²) >= 11 is 0. The lowest BCUT2D eigenvalue weighted by atomic mass is 10.0. The van der Waals surface area contributed by atoms with Gasteiger partial charge in [0.2, 0.25) is 0 Å². The lowest BCUT2D eigenvalue weighted by molar-refractivity contribution is -0.111. The first kappa shape index (κ1) is 17.9. The van der Waals surface area contributed by atoms with E-state index in [-0.39, 0.29) is 19.0 Å². The van der Waals surface area contributed by atoms with Crippen LogP contribution in [-0.2, 0) is 4.79 Å². The third-order valence-corrected chi connectivity index (χ3v) is 3.90. The maximum Gasteiger partial charge on any atom is 0.260 e. The largest absolute Gasteiger partial charge is 0.473 e. The maximum atomic E-state index is 12.0. The van der Waals surface area contributed by atoms with Gasteiger partial charge in [-0.05, 0) is 37.1 Å². The lowest BCUT2D eigenvalue weighted by Gasteiger charge is -2.15. The lowest BCUT2D eigenvalue weighted by Crippen LogP contribution is -2.24. The van der Waals surface area contributed by atoms with E-state index in [0.29, 0.717) is 28.5 Å². The van der Waals surface area contributed by atoms with Crippen molar-refractivity contribution in [1.29, 1.82) is 0 Å². The first-order chi connectivity index (χ1) is 12.6. The molecule has 3 rings (SSSR count). The normalized spacial score (nSPS) is 16.0. The summed E-state index contributed by atoms with van der Waals surface area (Å²) < 4.78 is 7.24. The number of rotatable bonds is 7. The Hall–Kier alpha value is -2.93. The monoisotopic (exact) mass is 354 g/mol. The molecule has 0 atom stereocenters. The second kappa shape index (κ2) is 7.97. The van der Waals surface area contributed by atoms with Crippen molar-refractivity contribution < 1.29 is 14.6 Å². The predicted molar refractivity (Wildman–Crippen MR) is 100 cm³/mol. The van der Waals surface area contributed by atoms with E-state index < -0.39 is 0 Å². The quantitative estimate of drug-likeness (QED) is 0.744. The Kier molecular flexibility index (Phi) is 5.48. The fourth-order valence-electron chi connectivity index (χ4n) is 2.60. The number of ether oxygens (including phenoxy) is 1. The molecule has 0 aromatic carbocycles. The Morgan fingerprint density at radius 3 is 2.96 bits per heavy atom. The van der Waals surface area contributed by atoms with Crippen LogP contribution in [0.25, 0.3) is 5.52 Å². The highest BCUT2D eigenvalue weighted by Gasteiger charge is 2.19. The van der Waals surface area contributed by atoms with Crippen LogP contribution >= 0.6 is 0 Å². The molecule has 2 N–H and O–H groups in total. The van der Waals surface area contributed by atoms with Crippen LogP contribution in [0.4, 0.5) is 5.69 Å². The summed E-state index contributed by atoms with van der Waals surface area (Å²) in [7, 11) is 0. The van der Waals surface area contributed by atoms with E-state index >= 15 is 0 Å². The molecule has 0 spiro atoms. The van der Waals surface area contributed by atoms with Crippen LogP contribution in [0.3, 0.4) is 0 Å². The number of aromatic nitrogens is 2. The Balaban J connectivity index is 2.09. The number of nitrogens with zero attached hydrogens (tertiary/aromatic N) is 3. The van der Waals surface area contributed by atoms with Gasteiger partial charge in [0.15, 0.2) is 11.5 Å². The van der Waals surface area contributed by atoms with Crippen LogP contribution in [0.2, 0.25) is 0 Å². The molecule has 1 aliphatic rings. The minimum absolute atomic E-state index is 0.0285. The van der Waals surface area contributed by atoms with E-state index in [1.54, 1.807) is 23.6 Å². The summed E-state index contributed by atoms with van der Waals surface area (Å²) in [4.78, 5) is 16.8. The molecule has 26 heavy (non-hydrogen) atoms. The van der Waals surface area contributed by atoms with Gasteiger partial charge in [-0.2, -0.15) is 0 Å². The van der Waals surface area contributed by atoms with Gasteiger partial charge in [0.1, 0.15) is 6.61 Å². The Morgan fingerprint density at radius 2 is 2.19 bits per heavy atom. The van der Waals surface area contributed by atoms with E-state index in [0.717, 1.165) is 18.5 Å². The Morgan fingerprint density at radius 1 is 1.35 bits per heavy atom. The van der Waals surface area contributed by atoms with Gasteiger partial charge < -0.3 is 15.2 Å². The van der Waals surface area contributed by atoms with Crippen LogP contribution in [0.15, 0.2) is 52.8 Å². The molecule has 7 heteroatoms. The molecule has 0 bridgehead atoms. The van der Waals surface area contributed by atoms with Gasteiger partial charge in [0.05, 0.1) is 23.5 Å². The van der Waals surface area contributed by atoms with Gasteiger partial charge in [0, 0.05) is 18.8 Å². The van der Waals surface area contributed by atoms with Crippen molar-refractivity contribution in [3.8, 4) is 5.88 Å². The zero-order valence-corrected chi connectivity index (χ0v) is 14.9. The van der Waals surface area contributed by atoms with Gasteiger partial charge >= 0.3 is 0 Å². The van der Waals surface area contributed by atoms with Crippen molar-refractivity contribution in [2.24, 2.45) is 4.99 Å². The summed E-state index contributed by atoms with van der Waals surface area (Å²) in [6.07, 6.45) is 6.08. The summed E-state index contributed by atoms with van der Waals surface area (Å²) in [5, 5.41) is 16.7. The molecule has 0 saturated heterocycles. The average Bonchev–Trinajstić information content (AvgIpc) is 2.99. The molecule has 136 valence electrons. The van der Waals surface area contributed by atoms with Crippen molar-refractivity contribution in [3.63, 3.8) is 0 Å². The Labute approximate surface area is 151 Å². The SMILES string of the molecule is CCCNC1=CC(=O)C(C)=CC1=Nc1c(OCCO)nn2ccccc12. The number of nitrogens with one attached hydrogen (secondary N) is 1. The van der Waals surface area contributed by atoms with Crippen LogP contribution in [0, 0.1) is 0 Å². The van der Waals surface area contributed by atoms with Gasteiger partial charge in [-0.15, -0.1) is 5.10 Å². The fourth-order valence-corrected chi connectivity index (χ4v) is 2.60. The molecule has 0 fully saturated rings. The van der Waals surface area contributed by atoms with Crippen molar-refractivity contribution >= 4 is 22.7 Å². The summed E-state index contributed by atoms with van der Waals surface area (Å²) in [5.41, 5.74) is 3.32. The molecule has 2 aromatic rings. The van der Waals surface area contributed by atoms with E-state index in [4.69, 9.17) is 14.8 Å². The van der Waals surface area contributed by atoms with Gasteiger partial charge in [-0.3, -0.25) is 4.79 Å². The number of hydrogen-bond acceptors (Lipinski definition) is 6. The molecule has 0 amide bonds. The van der Waals surface area contributed by atoms with Gasteiger partial charge in [-0.1, -0.05) is 13.0 Å². The van der Waals surface area contributed by atoms with Crippen LogP contribution < -0.4 is 10.1 Å². The molecule has 0 aliphatic heterocycles. The van der Waals surface area contributed by atoms with E-state index in [1.807, 2.05) is 24.4 Å². The number of allylic oxidation sites excluding steroid dienone is 3. The number of aliphatic imine (C=N–C) groups is 1. The van der Waals surface area contributed by atoms with E-state index in [2.05, 4.69) is 17.3 Å². The van der Waals surface area contributed by atoms with Crippen LogP contribution in [0.5, 0.6) is 5.88 Å². The molecule has 0 radical (unpaired) electrons. The second-order valence-corrected chi connectivity index (χ2v) is 5.93. The smallest absolute Gasteiger partial charge is 0.260 e. The molecule has 0 saturated carbocycles. The number of carbonyl (C=O) groups excluding carboxylic acids is 1. The summed E-state index contributed by atoms with van der Waals surface area (Å²) in [5.74, 6) is 0.315. The highest BCUT2D eigenvalue weighted by atomic mass is 16.5. The topological polar surface area (TPSA) is 88.2 Å². The predicted octanol–water partition coefficient (Wildman–Crippen LogP) is 2.19. The number of aliphatic hydroxyl groups is 1. The summed E-state index contributed by atoms with van der Waals surface area (Å²) in [6, 6.07) is 5.66. The number of carbonyl (C=O) groups is 1. The minimum atomic E-state index is -0.111. The number of pyridine rings is 1. The van der Waals surface area contributed by atoms with Crippen LogP contribution in [-0.4, -0.2) is 46.0 Å². The number of ketones is 1. The average molecular weight is 354 g/mol. The minimum Gasteiger partial charge on any atom is -0.473 e. The third kappa shape index (κ3) is 3.67. The standard InChI is InChI=1S/C19H22N4O3/c1-3-7-20-14-12-17(25)13(2)11-15(14)21-18-16-6-4-5-8-23(16)22-19(18)26-10-9-24/h4-6,8,11-12,20,24H,3,7,9-10H2,1-2H3. The van der Waals surface area contributed by atoms with Crippen molar-refractivity contribution in [2.75, 3.05) is 19.8 Å². The van der Waals surface area contributed by atoms with Crippen molar-refractivity contribution in [2.45, 2.75) is 20.3 Å². The molecule has 2 heterocycles. The molecular formula is C19H22N4O3. The highest BCUT2D eigenvalue weighted by molar-refractivity contribution is 6.22. The zero-order chi connectivity index (χ0) is 18.5. The van der Waals surface area contributed by atoms with Gasteiger partial charge in [-0.25, -0.2) is 9.51 Å². The zero-order valence-electron chi connectivity index (χ0n) is 14.9. The molecular weight excluding hydrogens is 332 g/mol. The molecule has 1 aliphatic carbocycles.